The van der Waals surface area contributed by atoms with E-state index < -0.39 is 22.4 Å². The molecule has 3 aromatic rings. The Kier molecular flexibility index (Phi) is 9.19. The minimum Gasteiger partial charge on any atom is -1.00 e. The van der Waals surface area contributed by atoms with Gasteiger partial charge in [0.2, 0.25) is 0 Å². The molecule has 4 rings (SSSR count). The Balaban J connectivity index is 0.00000160. The van der Waals surface area contributed by atoms with Gasteiger partial charge in [-0.15, -0.1) is 0 Å². The third kappa shape index (κ3) is 4.88. The van der Waals surface area contributed by atoms with Crippen LogP contribution in [0.15, 0.2) is 60.2 Å². The van der Waals surface area contributed by atoms with Crippen LogP contribution in [0.4, 0.5) is 0 Å². The molecule has 0 amide bonds. The fourth-order valence-corrected chi connectivity index (χ4v) is 13.3. The number of fused-ring (bicyclic) bond motifs is 2. The van der Waals surface area contributed by atoms with Crippen molar-refractivity contribution in [3.8, 4) is 11.1 Å². The van der Waals surface area contributed by atoms with E-state index in [9.17, 15) is 0 Å². The second kappa shape index (κ2) is 10.8. The molecule has 0 aromatic heterocycles. The molecule has 0 saturated heterocycles. The van der Waals surface area contributed by atoms with E-state index in [1.54, 1.807) is 11.1 Å². The molecule has 0 N–H and O–H groups in total. The molecule has 1 unspecified atom stereocenters. The summed E-state index contributed by atoms with van der Waals surface area (Å²) in [7, 11) is 0. The molecule has 0 bridgehead atoms. The van der Waals surface area contributed by atoms with Gasteiger partial charge in [-0.1, -0.05) is 0 Å². The van der Waals surface area contributed by atoms with E-state index in [4.69, 9.17) is 0 Å². The fraction of sp³-hybridized carbons (Fsp3) is 0.308. The van der Waals surface area contributed by atoms with Crippen molar-refractivity contribution >= 4 is 22.8 Å². The Bertz CT molecular complexity index is 1050. The van der Waals surface area contributed by atoms with Gasteiger partial charge in [0.15, 0.2) is 0 Å². The number of hydrogen-bond acceptors (Lipinski definition) is 0. The molecule has 0 heterocycles. The molecule has 4 heteroatoms. The van der Waals surface area contributed by atoms with Gasteiger partial charge >= 0.3 is 183 Å². The van der Waals surface area contributed by atoms with Crippen molar-refractivity contribution in [1.82, 2.24) is 0 Å². The second-order valence-electron chi connectivity index (χ2n) is 8.40. The maximum atomic E-state index is 2.56. The van der Waals surface area contributed by atoms with Crippen LogP contribution in [-0.4, -0.2) is 5.92 Å². The van der Waals surface area contributed by atoms with Gasteiger partial charge in [0.25, 0.3) is 0 Å². The van der Waals surface area contributed by atoms with Crippen LogP contribution in [0, 0.1) is 0 Å². The van der Waals surface area contributed by atoms with Gasteiger partial charge < -0.3 is 24.8 Å². The van der Waals surface area contributed by atoms with Crippen LogP contribution in [-0.2, 0) is 22.4 Å². The predicted octanol–water partition coefficient (Wildman–Crippen LogP) is 1.82. The van der Waals surface area contributed by atoms with Crippen LogP contribution in [0.1, 0.15) is 53.4 Å². The van der Waals surface area contributed by atoms with Crippen molar-refractivity contribution in [1.29, 1.82) is 0 Å². The molecule has 0 fully saturated rings. The zero-order chi connectivity index (χ0) is 19.8. The monoisotopic (exact) mass is 529 g/mol. The van der Waals surface area contributed by atoms with E-state index in [1.807, 2.05) is 0 Å². The molecule has 0 saturated carbocycles. The zero-order valence-electron chi connectivity index (χ0n) is 18.4. The summed E-state index contributed by atoms with van der Waals surface area (Å²) in [4.78, 5) is 0. The first-order valence-electron chi connectivity index (χ1n) is 10.4. The van der Waals surface area contributed by atoms with Gasteiger partial charge in [0.05, 0.1) is 0 Å². The smallest absolute Gasteiger partial charge is 1.00 e. The number of allylic oxidation sites excluding steroid dienone is 1. The molecule has 3 aromatic carbocycles. The topological polar surface area (TPSA) is 0 Å². The van der Waals surface area contributed by atoms with Crippen LogP contribution in [0.2, 0.25) is 13.1 Å². The van der Waals surface area contributed by atoms with Crippen molar-refractivity contribution in [3.63, 3.8) is 0 Å². The van der Waals surface area contributed by atoms with Crippen LogP contribution < -0.4 is 24.8 Å². The molecule has 1 radical (unpaired) electrons. The maximum absolute atomic E-state index is 2.56. The SMILES string of the molecule is CCC1=Cc2c(-c3cccc4ccccc34)cc(C(C)C)cc2[CH]1[Zr+2][Si](C)C.[Cl-].[Cl-]. The van der Waals surface area contributed by atoms with Crippen molar-refractivity contribution in [2.45, 2.75) is 49.8 Å². The number of hydrogen-bond donors (Lipinski definition) is 0. The van der Waals surface area contributed by atoms with E-state index in [0.717, 1.165) is 3.63 Å². The first-order chi connectivity index (χ1) is 13.5. The van der Waals surface area contributed by atoms with Crippen molar-refractivity contribution in [2.24, 2.45) is 0 Å². The van der Waals surface area contributed by atoms with E-state index in [2.05, 4.69) is 94.5 Å². The molecule has 1 aliphatic carbocycles. The van der Waals surface area contributed by atoms with Gasteiger partial charge in [-0.3, -0.25) is 0 Å². The summed E-state index contributed by atoms with van der Waals surface area (Å²) in [6, 6.07) is 20.7. The quantitative estimate of drug-likeness (QED) is 0.441. The van der Waals surface area contributed by atoms with Gasteiger partial charge in [-0.2, -0.15) is 0 Å². The second-order valence-corrected chi connectivity index (χ2v) is 21.6. The summed E-state index contributed by atoms with van der Waals surface area (Å²) in [5, 5.41) is 2.71. The van der Waals surface area contributed by atoms with Gasteiger partial charge in [-0.25, -0.2) is 0 Å². The fourth-order valence-electron chi connectivity index (χ4n) is 4.35. The van der Waals surface area contributed by atoms with Gasteiger partial charge in [0.1, 0.15) is 0 Å². The van der Waals surface area contributed by atoms with E-state index in [1.165, 1.54) is 39.4 Å². The predicted molar refractivity (Wildman–Crippen MR) is 122 cm³/mol. The molecular formula is C26H29Cl2SiZr. The van der Waals surface area contributed by atoms with Crippen LogP contribution in [0.5, 0.6) is 0 Å². The first-order valence-corrected chi connectivity index (χ1v) is 18.0. The molecule has 155 valence electrons. The largest absolute Gasteiger partial charge is 1.00 e. The van der Waals surface area contributed by atoms with Crippen LogP contribution in [0.3, 0.4) is 0 Å². The van der Waals surface area contributed by atoms with Crippen LogP contribution >= 0.6 is 0 Å². The summed E-state index contributed by atoms with van der Waals surface area (Å²) >= 11 is -0.409. The van der Waals surface area contributed by atoms with E-state index in [-0.39, 0.29) is 30.7 Å². The Hall–Kier alpha value is -0.660. The molecule has 30 heavy (non-hydrogen) atoms. The van der Waals surface area contributed by atoms with Gasteiger partial charge in [0, 0.05) is 0 Å². The van der Waals surface area contributed by atoms with Crippen LogP contribution in [0.25, 0.3) is 28.0 Å². The summed E-state index contributed by atoms with van der Waals surface area (Å²) in [6.45, 7) is 12.1. The molecule has 0 spiro atoms. The Morgan fingerprint density at radius 3 is 2.30 bits per heavy atom. The maximum Gasteiger partial charge on any atom is -1.00 e. The Morgan fingerprint density at radius 2 is 1.63 bits per heavy atom. The average molecular weight is 532 g/mol. The number of benzene rings is 3. The van der Waals surface area contributed by atoms with E-state index in [0.29, 0.717) is 5.92 Å². The minimum absolute atomic E-state index is 0. The molecule has 1 atom stereocenters. The standard InChI is InChI=1S/C24H23.C2H6Si.2ClH.Zr/c1-4-17-12-20-14-19(16(2)3)15-24(23(20)13-17)22-11-7-9-18-8-5-6-10-21(18)22;1-3-2;;;/h5-16H,4H2,1-3H3;1-2H3;2*1H;/q;;;;+2/p-2. The van der Waals surface area contributed by atoms with Crippen molar-refractivity contribution in [2.75, 3.05) is 0 Å². The van der Waals surface area contributed by atoms with Gasteiger partial charge in [-0.05, 0) is 0 Å². The number of halogens is 2. The third-order valence-electron chi connectivity index (χ3n) is 5.83. The number of rotatable bonds is 5. The normalized spacial score (nSPS) is 14.8. The van der Waals surface area contributed by atoms with Crippen molar-refractivity contribution < 1.29 is 47.2 Å². The summed E-state index contributed by atoms with van der Waals surface area (Å²) in [5.74, 6) is 0.443. The Labute approximate surface area is 206 Å². The summed E-state index contributed by atoms with van der Waals surface area (Å²) in [5.41, 5.74) is 9.23. The third-order valence-corrected chi connectivity index (χ3v) is 14.8. The average Bonchev–Trinajstić information content (AvgIpc) is 3.04. The Morgan fingerprint density at radius 1 is 0.933 bits per heavy atom. The first kappa shape index (κ1) is 25.6. The molecular weight excluding hydrogens is 503 g/mol. The molecule has 0 nitrogen and oxygen atoms in total. The molecule has 1 aliphatic rings. The van der Waals surface area contributed by atoms with Crippen molar-refractivity contribution in [3.05, 3.63) is 76.9 Å². The zero-order valence-corrected chi connectivity index (χ0v) is 23.4. The summed E-state index contributed by atoms with van der Waals surface area (Å²) < 4.78 is 0.792. The summed E-state index contributed by atoms with van der Waals surface area (Å²) in [6.07, 6.45) is 3.76. The molecule has 0 aliphatic heterocycles. The van der Waals surface area contributed by atoms with E-state index >= 15 is 0 Å². The minimum atomic E-state index is -0.409.